The number of carbonyl (C=O) groups is 3. The van der Waals surface area contributed by atoms with Crippen molar-refractivity contribution in [2.24, 2.45) is 11.8 Å². The minimum atomic E-state index is -1.18. The molecule has 2 aromatic rings. The van der Waals surface area contributed by atoms with Crippen molar-refractivity contribution in [2.75, 3.05) is 24.7 Å². The Balaban J connectivity index is 1.63. The monoisotopic (exact) mass is 520 g/mol. The van der Waals surface area contributed by atoms with E-state index in [1.807, 2.05) is 56.3 Å². The number of likely N-dealkylation sites (tertiary alicyclic amines) is 1. The highest BCUT2D eigenvalue weighted by molar-refractivity contribution is 6.05. The largest absolute Gasteiger partial charge is 0.466 e. The molecule has 2 aromatic carbocycles. The molecule has 2 amide bonds. The van der Waals surface area contributed by atoms with Crippen LogP contribution in [0.4, 0.5) is 5.69 Å². The molecular weight excluding hydrogens is 484 g/mol. The number of nitrogens with zero attached hydrogens (tertiary/aromatic N) is 2. The van der Waals surface area contributed by atoms with Crippen molar-refractivity contribution in [3.63, 3.8) is 0 Å². The highest BCUT2D eigenvalue weighted by Gasteiger charge is 2.79. The Kier molecular flexibility index (Phi) is 6.82. The summed E-state index contributed by atoms with van der Waals surface area (Å²) in [7, 11) is 0. The molecule has 8 nitrogen and oxygen atoms in total. The predicted octanol–water partition coefficient (Wildman–Crippen LogP) is 3.46. The van der Waals surface area contributed by atoms with Gasteiger partial charge in [-0.1, -0.05) is 43.3 Å². The van der Waals surface area contributed by atoms with Gasteiger partial charge < -0.3 is 24.4 Å². The highest BCUT2D eigenvalue weighted by Crippen LogP contribution is 2.63. The van der Waals surface area contributed by atoms with Crippen LogP contribution in [0.2, 0.25) is 0 Å². The number of fused-ring (bicyclic) bond motifs is 2. The second-order valence-electron chi connectivity index (χ2n) is 10.7. The zero-order chi connectivity index (χ0) is 27.2. The lowest BCUT2D eigenvalue weighted by Gasteiger charge is -2.39. The number of hydrogen-bond acceptors (Lipinski definition) is 6. The summed E-state index contributed by atoms with van der Waals surface area (Å²) >= 11 is 0. The lowest BCUT2D eigenvalue weighted by Crippen LogP contribution is -2.59. The van der Waals surface area contributed by atoms with E-state index in [1.54, 1.807) is 17.9 Å². The van der Waals surface area contributed by atoms with Gasteiger partial charge in [0.05, 0.1) is 30.8 Å². The third kappa shape index (κ3) is 3.76. The van der Waals surface area contributed by atoms with Crippen molar-refractivity contribution < 1.29 is 29.0 Å². The fourth-order valence-electron chi connectivity index (χ4n) is 6.98. The van der Waals surface area contributed by atoms with E-state index >= 15 is 0 Å². The molecule has 0 saturated carbocycles. The Hall–Kier alpha value is -3.23. The predicted molar refractivity (Wildman–Crippen MR) is 143 cm³/mol. The summed E-state index contributed by atoms with van der Waals surface area (Å²) in [5, 5.41) is 12.3. The first kappa shape index (κ1) is 26.4. The Bertz CT molecular complexity index is 1270. The second kappa shape index (κ2) is 9.82. The number of aliphatic hydroxyl groups is 1. The Labute approximate surface area is 223 Å². The maximum atomic E-state index is 14.6. The number of aliphatic hydroxyl groups excluding tert-OH is 1. The number of rotatable bonds is 9. The standard InChI is InChI=1S/C30H36N2O6/c1-5-16-31(22-13-12-19-10-8-9-11-20(19)17-22)27(35)25-30-15-14-29(4,38-30)24(28(36)37-7-3)23(30)26(34)32(25)21(6-2)18-33/h5,8-13,17,21,23-25,33H,1,6-7,14-16,18H2,2-4H3/t21-,23-,24-,25?,29+,30?/m0/s1. The van der Waals surface area contributed by atoms with Crippen molar-refractivity contribution in [3.8, 4) is 0 Å². The Morgan fingerprint density at radius 1 is 1.24 bits per heavy atom. The number of hydrogen-bond donors (Lipinski definition) is 1. The molecule has 3 aliphatic rings. The summed E-state index contributed by atoms with van der Waals surface area (Å²) in [4.78, 5) is 45.0. The first-order valence-electron chi connectivity index (χ1n) is 13.5. The molecule has 3 aliphatic heterocycles. The molecule has 3 fully saturated rings. The van der Waals surface area contributed by atoms with Crippen LogP contribution < -0.4 is 4.90 Å². The minimum absolute atomic E-state index is 0.189. The van der Waals surface area contributed by atoms with Crippen LogP contribution >= 0.6 is 0 Å². The third-order valence-corrected chi connectivity index (χ3v) is 8.69. The molecule has 0 radical (unpaired) electrons. The van der Waals surface area contributed by atoms with Gasteiger partial charge >= 0.3 is 5.97 Å². The Morgan fingerprint density at radius 3 is 2.63 bits per heavy atom. The normalized spacial score (nSPS) is 30.4. The summed E-state index contributed by atoms with van der Waals surface area (Å²) in [6, 6.07) is 12.1. The quantitative estimate of drug-likeness (QED) is 0.402. The number of anilines is 1. The Morgan fingerprint density at radius 2 is 1.97 bits per heavy atom. The third-order valence-electron chi connectivity index (χ3n) is 8.69. The van der Waals surface area contributed by atoms with Gasteiger partial charge in [-0.25, -0.2) is 0 Å². The summed E-state index contributed by atoms with van der Waals surface area (Å²) in [6.07, 6.45) is 3.10. The van der Waals surface area contributed by atoms with Crippen LogP contribution in [0, 0.1) is 11.8 Å². The van der Waals surface area contributed by atoms with Gasteiger partial charge in [0.25, 0.3) is 5.91 Å². The van der Waals surface area contributed by atoms with E-state index in [0.29, 0.717) is 24.9 Å². The molecular formula is C30H36N2O6. The van der Waals surface area contributed by atoms with E-state index in [2.05, 4.69) is 6.58 Å². The molecule has 3 saturated heterocycles. The van der Waals surface area contributed by atoms with E-state index in [0.717, 1.165) is 10.8 Å². The van der Waals surface area contributed by atoms with Crippen molar-refractivity contribution in [2.45, 2.75) is 63.3 Å². The van der Waals surface area contributed by atoms with Crippen LogP contribution in [0.5, 0.6) is 0 Å². The van der Waals surface area contributed by atoms with Crippen LogP contribution in [-0.4, -0.2) is 70.8 Å². The SMILES string of the molecule is C=CCN(C(=O)C1N([C@@H](CC)CO)C(=O)[C@@H]2[C@@H](C(=O)OCC)[C@@]3(C)CCC12O3)c1ccc2ccccc2c1. The van der Waals surface area contributed by atoms with Crippen LogP contribution in [-0.2, 0) is 23.9 Å². The van der Waals surface area contributed by atoms with Crippen molar-refractivity contribution >= 4 is 34.2 Å². The van der Waals surface area contributed by atoms with Gasteiger partial charge in [0.1, 0.15) is 17.6 Å². The van der Waals surface area contributed by atoms with Crippen LogP contribution in [0.1, 0.15) is 40.0 Å². The van der Waals surface area contributed by atoms with Gasteiger partial charge in [0.2, 0.25) is 5.91 Å². The van der Waals surface area contributed by atoms with Gasteiger partial charge in [0, 0.05) is 12.2 Å². The average molecular weight is 521 g/mol. The van der Waals surface area contributed by atoms with Gasteiger partial charge in [-0.05, 0) is 56.0 Å². The summed E-state index contributed by atoms with van der Waals surface area (Å²) < 4.78 is 12.0. The fraction of sp³-hybridized carbons (Fsp3) is 0.500. The number of ether oxygens (including phenoxy) is 2. The number of amides is 2. The van der Waals surface area contributed by atoms with Crippen molar-refractivity contribution in [3.05, 3.63) is 55.1 Å². The lowest BCUT2D eigenvalue weighted by atomic mass is 9.66. The fourth-order valence-corrected chi connectivity index (χ4v) is 6.98. The number of benzene rings is 2. The van der Waals surface area contributed by atoms with Crippen LogP contribution in [0.3, 0.4) is 0 Å². The van der Waals surface area contributed by atoms with E-state index < -0.39 is 41.1 Å². The van der Waals surface area contributed by atoms with Gasteiger partial charge in [-0.15, -0.1) is 6.58 Å². The summed E-state index contributed by atoms with van der Waals surface area (Å²) in [5.41, 5.74) is -1.40. The zero-order valence-corrected chi connectivity index (χ0v) is 22.3. The van der Waals surface area contributed by atoms with Gasteiger partial charge in [-0.3, -0.25) is 14.4 Å². The molecule has 1 spiro atoms. The molecule has 3 heterocycles. The first-order valence-corrected chi connectivity index (χ1v) is 13.5. The van der Waals surface area contributed by atoms with Gasteiger partial charge in [-0.2, -0.15) is 0 Å². The summed E-state index contributed by atoms with van der Waals surface area (Å²) in [5.74, 6) is -2.78. The zero-order valence-electron chi connectivity index (χ0n) is 22.3. The molecule has 202 valence electrons. The van der Waals surface area contributed by atoms with Crippen molar-refractivity contribution in [1.82, 2.24) is 4.90 Å². The second-order valence-corrected chi connectivity index (χ2v) is 10.7. The lowest BCUT2D eigenvalue weighted by molar-refractivity contribution is -0.160. The van der Waals surface area contributed by atoms with Crippen LogP contribution in [0.25, 0.3) is 10.8 Å². The molecule has 6 atom stereocenters. The summed E-state index contributed by atoms with van der Waals surface area (Å²) in [6.45, 7) is 9.43. The molecule has 5 rings (SSSR count). The molecule has 1 N–H and O–H groups in total. The average Bonchev–Trinajstić information content (AvgIpc) is 3.48. The molecule has 0 aliphatic carbocycles. The van der Waals surface area contributed by atoms with E-state index in [-0.39, 0.29) is 31.6 Å². The topological polar surface area (TPSA) is 96.4 Å². The molecule has 2 unspecified atom stereocenters. The smallest absolute Gasteiger partial charge is 0.312 e. The minimum Gasteiger partial charge on any atom is -0.466 e. The molecule has 38 heavy (non-hydrogen) atoms. The van der Waals surface area contributed by atoms with Crippen LogP contribution in [0.15, 0.2) is 55.1 Å². The maximum Gasteiger partial charge on any atom is 0.312 e. The maximum absolute atomic E-state index is 14.6. The number of carbonyl (C=O) groups excluding carboxylic acids is 3. The number of esters is 1. The van der Waals surface area contributed by atoms with E-state index in [9.17, 15) is 19.5 Å². The van der Waals surface area contributed by atoms with Gasteiger partial charge in [0.15, 0.2) is 0 Å². The van der Waals surface area contributed by atoms with Crippen molar-refractivity contribution in [1.29, 1.82) is 0 Å². The highest BCUT2D eigenvalue weighted by atomic mass is 16.6. The van der Waals surface area contributed by atoms with E-state index in [1.165, 1.54) is 4.90 Å². The molecule has 0 aromatic heterocycles. The first-order chi connectivity index (χ1) is 18.3. The van der Waals surface area contributed by atoms with E-state index in [4.69, 9.17) is 9.47 Å². The molecule has 8 heteroatoms. The molecule has 2 bridgehead atoms.